The number of nitrogens with zero attached hydrogens (tertiary/aromatic N) is 2. The number of aryl methyl sites for hydroxylation is 1. The summed E-state index contributed by atoms with van der Waals surface area (Å²) in [5.74, 6) is 2.22. The molecule has 0 atom stereocenters. The van der Waals surface area contributed by atoms with Crippen molar-refractivity contribution in [1.82, 2.24) is 9.97 Å². The lowest BCUT2D eigenvalue weighted by Crippen LogP contribution is -2.00. The van der Waals surface area contributed by atoms with Gasteiger partial charge in [-0.1, -0.05) is 12.1 Å². The number of hydrogen-bond donors (Lipinski definition) is 0. The first-order valence-electron chi connectivity index (χ1n) is 8.22. The van der Waals surface area contributed by atoms with E-state index in [2.05, 4.69) is 15.3 Å². The molecule has 0 unspecified atom stereocenters. The fraction of sp³-hybridized carbons (Fsp3) is 0.316. The highest BCUT2D eigenvalue weighted by atomic mass is 32.2. The van der Waals surface area contributed by atoms with Gasteiger partial charge in [0.2, 0.25) is 0 Å². The van der Waals surface area contributed by atoms with Crippen LogP contribution in [0.4, 0.5) is 0 Å². The van der Waals surface area contributed by atoms with Crippen LogP contribution in [0.5, 0.6) is 5.75 Å². The second kappa shape index (κ2) is 8.51. The number of rotatable bonds is 7. The Morgan fingerprint density at radius 3 is 2.65 bits per heavy atom. The highest BCUT2D eigenvalue weighted by molar-refractivity contribution is 7.99. The molecule has 0 spiro atoms. The standard InChI is InChI=1S/C19H20N2O3S2/c1-12-20-18(25-10-4-5-16(22)24-3)17-15(11-26-19(17)21-12)13-6-8-14(23-2)9-7-13/h6-9,11H,4-5,10H2,1-3H3. The first-order valence-corrected chi connectivity index (χ1v) is 10.1. The van der Waals surface area contributed by atoms with E-state index in [4.69, 9.17) is 9.47 Å². The van der Waals surface area contributed by atoms with Gasteiger partial charge in [-0.05, 0) is 31.0 Å². The van der Waals surface area contributed by atoms with E-state index in [9.17, 15) is 4.79 Å². The van der Waals surface area contributed by atoms with E-state index in [0.29, 0.717) is 6.42 Å². The minimum absolute atomic E-state index is 0.177. The number of carbonyl (C=O) groups is 1. The van der Waals surface area contributed by atoms with Gasteiger partial charge < -0.3 is 9.47 Å². The van der Waals surface area contributed by atoms with Crippen LogP contribution in [-0.4, -0.2) is 35.9 Å². The van der Waals surface area contributed by atoms with Gasteiger partial charge in [0.15, 0.2) is 0 Å². The molecule has 0 bridgehead atoms. The Labute approximate surface area is 160 Å². The van der Waals surface area contributed by atoms with Crippen molar-refractivity contribution in [2.75, 3.05) is 20.0 Å². The fourth-order valence-corrected chi connectivity index (χ4v) is 4.67. The molecule has 3 aromatic rings. The maximum atomic E-state index is 11.3. The Morgan fingerprint density at radius 2 is 1.96 bits per heavy atom. The highest BCUT2D eigenvalue weighted by Crippen LogP contribution is 2.38. The fourth-order valence-electron chi connectivity index (χ4n) is 2.59. The maximum Gasteiger partial charge on any atom is 0.305 e. The Hall–Kier alpha value is -2.12. The first-order chi connectivity index (χ1) is 12.6. The Morgan fingerprint density at radius 1 is 1.19 bits per heavy atom. The molecule has 0 amide bonds. The molecular formula is C19H20N2O3S2. The Balaban J connectivity index is 1.89. The van der Waals surface area contributed by atoms with Crippen LogP contribution in [0.2, 0.25) is 0 Å². The third-order valence-corrected chi connectivity index (χ3v) is 5.84. The smallest absolute Gasteiger partial charge is 0.305 e. The molecule has 2 aromatic heterocycles. The minimum Gasteiger partial charge on any atom is -0.497 e. The number of methoxy groups -OCH3 is 2. The van der Waals surface area contributed by atoms with E-state index in [0.717, 1.165) is 50.1 Å². The number of esters is 1. The lowest BCUT2D eigenvalue weighted by Gasteiger charge is -2.07. The third-order valence-electron chi connectivity index (χ3n) is 3.90. The van der Waals surface area contributed by atoms with Crippen molar-refractivity contribution in [3.05, 3.63) is 35.5 Å². The molecule has 2 heterocycles. The number of benzene rings is 1. The van der Waals surface area contributed by atoms with E-state index in [1.54, 1.807) is 30.2 Å². The molecule has 5 nitrogen and oxygen atoms in total. The predicted octanol–water partition coefficient (Wildman–Crippen LogP) is 4.72. The average molecular weight is 389 g/mol. The predicted molar refractivity (Wildman–Crippen MR) is 106 cm³/mol. The van der Waals surface area contributed by atoms with Gasteiger partial charge >= 0.3 is 5.97 Å². The number of aromatic nitrogens is 2. The third kappa shape index (κ3) is 4.16. The van der Waals surface area contributed by atoms with Crippen LogP contribution in [0.15, 0.2) is 34.7 Å². The van der Waals surface area contributed by atoms with Crippen LogP contribution in [0.1, 0.15) is 18.7 Å². The van der Waals surface area contributed by atoms with Crippen LogP contribution in [-0.2, 0) is 9.53 Å². The molecule has 3 rings (SSSR count). The number of thioether (sulfide) groups is 1. The van der Waals surface area contributed by atoms with Crippen molar-refractivity contribution in [3.63, 3.8) is 0 Å². The molecule has 136 valence electrons. The average Bonchev–Trinajstić information content (AvgIpc) is 3.08. The molecule has 7 heteroatoms. The molecule has 0 N–H and O–H groups in total. The van der Waals surface area contributed by atoms with Gasteiger partial charge in [-0.25, -0.2) is 9.97 Å². The maximum absolute atomic E-state index is 11.3. The van der Waals surface area contributed by atoms with Crippen LogP contribution >= 0.6 is 23.1 Å². The molecule has 0 saturated carbocycles. The van der Waals surface area contributed by atoms with E-state index in [-0.39, 0.29) is 5.97 Å². The molecular weight excluding hydrogens is 368 g/mol. The van der Waals surface area contributed by atoms with Gasteiger partial charge in [-0.2, -0.15) is 0 Å². The van der Waals surface area contributed by atoms with Crippen molar-refractivity contribution in [2.24, 2.45) is 0 Å². The summed E-state index contributed by atoms with van der Waals surface area (Å²) in [5, 5.41) is 4.16. The van der Waals surface area contributed by atoms with Crippen molar-refractivity contribution < 1.29 is 14.3 Å². The van der Waals surface area contributed by atoms with Crippen LogP contribution in [0, 0.1) is 6.92 Å². The monoisotopic (exact) mass is 388 g/mol. The number of ether oxygens (including phenoxy) is 2. The van der Waals surface area contributed by atoms with E-state index < -0.39 is 0 Å². The van der Waals surface area contributed by atoms with Gasteiger partial charge in [0, 0.05) is 23.1 Å². The van der Waals surface area contributed by atoms with Gasteiger partial charge in [-0.15, -0.1) is 23.1 Å². The topological polar surface area (TPSA) is 61.3 Å². The number of carbonyl (C=O) groups excluding carboxylic acids is 1. The Bertz CT molecular complexity index is 907. The van der Waals surface area contributed by atoms with Crippen LogP contribution in [0.3, 0.4) is 0 Å². The first kappa shape index (κ1) is 18.7. The van der Waals surface area contributed by atoms with Crippen molar-refractivity contribution in [2.45, 2.75) is 24.8 Å². The summed E-state index contributed by atoms with van der Waals surface area (Å²) in [4.78, 5) is 21.5. The molecule has 0 radical (unpaired) electrons. The van der Waals surface area contributed by atoms with Gasteiger partial charge in [-0.3, -0.25) is 4.79 Å². The summed E-state index contributed by atoms with van der Waals surface area (Å²) in [6.45, 7) is 1.91. The molecule has 0 fully saturated rings. The second-order valence-electron chi connectivity index (χ2n) is 5.66. The highest BCUT2D eigenvalue weighted by Gasteiger charge is 2.15. The van der Waals surface area contributed by atoms with Gasteiger partial charge in [0.25, 0.3) is 0 Å². The molecule has 0 aliphatic carbocycles. The summed E-state index contributed by atoms with van der Waals surface area (Å²) >= 11 is 3.29. The molecule has 0 saturated heterocycles. The van der Waals surface area contributed by atoms with Gasteiger partial charge in [0.05, 0.1) is 19.6 Å². The summed E-state index contributed by atoms with van der Waals surface area (Å²) in [5.41, 5.74) is 2.24. The summed E-state index contributed by atoms with van der Waals surface area (Å²) in [6, 6.07) is 8.01. The van der Waals surface area contributed by atoms with E-state index in [1.807, 2.05) is 31.2 Å². The van der Waals surface area contributed by atoms with Crippen LogP contribution < -0.4 is 4.74 Å². The van der Waals surface area contributed by atoms with Crippen LogP contribution in [0.25, 0.3) is 21.3 Å². The van der Waals surface area contributed by atoms with Crippen molar-refractivity contribution >= 4 is 39.3 Å². The molecule has 26 heavy (non-hydrogen) atoms. The van der Waals surface area contributed by atoms with Crippen molar-refractivity contribution in [1.29, 1.82) is 0 Å². The molecule has 0 aliphatic rings. The zero-order valence-corrected chi connectivity index (χ0v) is 16.6. The second-order valence-corrected chi connectivity index (χ2v) is 7.60. The minimum atomic E-state index is -0.177. The summed E-state index contributed by atoms with van der Waals surface area (Å²) in [7, 11) is 3.08. The normalized spacial score (nSPS) is 10.9. The quantitative estimate of drug-likeness (QED) is 0.253. The Kier molecular flexibility index (Phi) is 6.11. The molecule has 0 aliphatic heterocycles. The van der Waals surface area contributed by atoms with Gasteiger partial charge in [0.1, 0.15) is 21.4 Å². The number of thiophene rings is 1. The lowest BCUT2D eigenvalue weighted by molar-refractivity contribution is -0.140. The van der Waals surface area contributed by atoms with Crippen molar-refractivity contribution in [3.8, 4) is 16.9 Å². The molecule has 1 aromatic carbocycles. The largest absolute Gasteiger partial charge is 0.497 e. The number of fused-ring (bicyclic) bond motifs is 1. The zero-order valence-electron chi connectivity index (χ0n) is 14.9. The SMILES string of the molecule is COC(=O)CCCSc1nc(C)nc2scc(-c3ccc(OC)cc3)c12. The lowest BCUT2D eigenvalue weighted by atomic mass is 10.1. The van der Waals surface area contributed by atoms with E-state index >= 15 is 0 Å². The number of hydrogen-bond acceptors (Lipinski definition) is 7. The zero-order chi connectivity index (χ0) is 18.5. The van der Waals surface area contributed by atoms with E-state index in [1.165, 1.54) is 7.11 Å². The summed E-state index contributed by atoms with van der Waals surface area (Å²) < 4.78 is 9.94. The summed E-state index contributed by atoms with van der Waals surface area (Å²) in [6.07, 6.45) is 1.18.